The van der Waals surface area contributed by atoms with Crippen LogP contribution in [0.3, 0.4) is 0 Å². The van der Waals surface area contributed by atoms with E-state index in [2.05, 4.69) is 45.0 Å². The molecule has 2 aromatic heterocycles. The number of aryl methyl sites for hydroxylation is 1. The second kappa shape index (κ2) is 9.91. The molecule has 0 unspecified atom stereocenters. The fraction of sp³-hybridized carbons (Fsp3) is 0.471. The van der Waals surface area contributed by atoms with Crippen LogP contribution in [0.5, 0.6) is 0 Å². The molecule has 0 radical (unpaired) electrons. The first-order valence-corrected chi connectivity index (χ1v) is 9.18. The molecule has 0 saturated carbocycles. The number of halogens is 1. The molecule has 136 valence electrons. The zero-order valence-corrected chi connectivity index (χ0v) is 17.8. The number of guanidine groups is 1. The minimum absolute atomic E-state index is 0. The number of nitrogens with one attached hydrogen (secondary N) is 1. The van der Waals surface area contributed by atoms with Crippen LogP contribution in [0.2, 0.25) is 0 Å². The Kier molecular flexibility index (Phi) is 7.89. The van der Waals surface area contributed by atoms with E-state index >= 15 is 0 Å². The highest BCUT2D eigenvalue weighted by Crippen LogP contribution is 2.14. The maximum atomic E-state index is 4.76. The maximum absolute atomic E-state index is 4.76. The summed E-state index contributed by atoms with van der Waals surface area (Å²) in [6.45, 7) is 9.49. The average Bonchev–Trinajstić information content (AvgIpc) is 3.05. The molecule has 1 aliphatic rings. The van der Waals surface area contributed by atoms with E-state index in [1.165, 1.54) is 4.88 Å². The Balaban J connectivity index is 0.00000225. The van der Waals surface area contributed by atoms with Crippen molar-refractivity contribution in [3.63, 3.8) is 0 Å². The monoisotopic (exact) mass is 472 g/mol. The first-order chi connectivity index (χ1) is 11.8. The number of aromatic nitrogens is 2. The predicted molar refractivity (Wildman–Crippen MR) is 115 cm³/mol. The van der Waals surface area contributed by atoms with E-state index in [0.29, 0.717) is 6.54 Å². The van der Waals surface area contributed by atoms with Crippen LogP contribution in [0.25, 0.3) is 0 Å². The zero-order valence-electron chi connectivity index (χ0n) is 14.7. The van der Waals surface area contributed by atoms with Gasteiger partial charge in [-0.2, -0.15) is 0 Å². The molecule has 1 saturated heterocycles. The van der Waals surface area contributed by atoms with Crippen molar-refractivity contribution in [1.82, 2.24) is 20.2 Å². The number of pyridine rings is 1. The van der Waals surface area contributed by atoms with E-state index in [1.807, 2.05) is 24.5 Å². The molecule has 1 fully saturated rings. The summed E-state index contributed by atoms with van der Waals surface area (Å²) < 4.78 is 0. The number of thiazole rings is 1. The highest BCUT2D eigenvalue weighted by Gasteiger charge is 2.20. The van der Waals surface area contributed by atoms with Gasteiger partial charge in [0.1, 0.15) is 10.8 Å². The first-order valence-electron chi connectivity index (χ1n) is 8.37. The molecule has 0 spiro atoms. The lowest BCUT2D eigenvalue weighted by molar-refractivity contribution is 0.371. The molecule has 0 atom stereocenters. The van der Waals surface area contributed by atoms with Crippen molar-refractivity contribution in [1.29, 1.82) is 0 Å². The third-order valence-corrected chi connectivity index (χ3v) is 4.82. The summed E-state index contributed by atoms with van der Waals surface area (Å²) >= 11 is 1.71. The van der Waals surface area contributed by atoms with Crippen LogP contribution in [0, 0.1) is 6.92 Å². The van der Waals surface area contributed by atoms with Crippen molar-refractivity contribution in [2.45, 2.75) is 20.4 Å². The Bertz CT molecular complexity index is 667. The van der Waals surface area contributed by atoms with Gasteiger partial charge in [0, 0.05) is 50.0 Å². The lowest BCUT2D eigenvalue weighted by Gasteiger charge is -2.37. The molecular weight excluding hydrogens is 447 g/mol. The molecule has 25 heavy (non-hydrogen) atoms. The van der Waals surface area contributed by atoms with E-state index in [4.69, 9.17) is 4.99 Å². The van der Waals surface area contributed by atoms with Crippen LogP contribution in [0.4, 0.5) is 5.82 Å². The van der Waals surface area contributed by atoms with Crippen LogP contribution in [-0.2, 0) is 6.54 Å². The summed E-state index contributed by atoms with van der Waals surface area (Å²) in [5.41, 5.74) is 0. The van der Waals surface area contributed by atoms with Gasteiger partial charge >= 0.3 is 0 Å². The van der Waals surface area contributed by atoms with E-state index in [9.17, 15) is 0 Å². The predicted octanol–water partition coefficient (Wildman–Crippen LogP) is 2.75. The van der Waals surface area contributed by atoms with Gasteiger partial charge in [-0.25, -0.2) is 15.0 Å². The number of aliphatic imine (C=N–C) groups is 1. The molecule has 3 heterocycles. The summed E-state index contributed by atoms with van der Waals surface area (Å²) in [6, 6.07) is 6.06. The van der Waals surface area contributed by atoms with Crippen molar-refractivity contribution in [3.8, 4) is 0 Å². The number of hydrogen-bond donors (Lipinski definition) is 1. The van der Waals surface area contributed by atoms with Gasteiger partial charge in [-0.15, -0.1) is 35.3 Å². The standard InChI is InChI=1S/C17H24N6S.HI/c1-3-18-17(21-13-16-20-12-14(2)24-16)23-10-8-22(9-11-23)15-6-4-5-7-19-15;/h4-7,12H,3,8-11,13H2,1-2H3,(H,18,21);1H. The largest absolute Gasteiger partial charge is 0.357 e. The number of anilines is 1. The van der Waals surface area contributed by atoms with Crippen molar-refractivity contribution in [2.75, 3.05) is 37.6 Å². The molecule has 1 aliphatic heterocycles. The molecule has 0 bridgehead atoms. The smallest absolute Gasteiger partial charge is 0.194 e. The third kappa shape index (κ3) is 5.53. The molecule has 2 aromatic rings. The van der Waals surface area contributed by atoms with Crippen LogP contribution in [-0.4, -0.2) is 53.6 Å². The Hall–Kier alpha value is -1.42. The molecule has 0 amide bonds. The van der Waals surface area contributed by atoms with Crippen LogP contribution in [0.1, 0.15) is 16.8 Å². The summed E-state index contributed by atoms with van der Waals surface area (Å²) in [4.78, 5) is 19.5. The number of piperazine rings is 1. The lowest BCUT2D eigenvalue weighted by atomic mass is 10.3. The van der Waals surface area contributed by atoms with E-state index < -0.39 is 0 Å². The molecule has 0 aliphatic carbocycles. The Labute approximate surface area is 170 Å². The van der Waals surface area contributed by atoms with Gasteiger partial charge in [-0.05, 0) is 26.0 Å². The Morgan fingerprint density at radius 1 is 1.24 bits per heavy atom. The summed E-state index contributed by atoms with van der Waals surface area (Å²) in [5, 5.41) is 4.47. The minimum atomic E-state index is 0. The second-order valence-electron chi connectivity index (χ2n) is 5.70. The van der Waals surface area contributed by atoms with Gasteiger partial charge in [0.15, 0.2) is 5.96 Å². The summed E-state index contributed by atoms with van der Waals surface area (Å²) in [7, 11) is 0. The molecule has 0 aromatic carbocycles. The third-order valence-electron chi connectivity index (χ3n) is 3.92. The topological polar surface area (TPSA) is 56.7 Å². The van der Waals surface area contributed by atoms with Crippen molar-refractivity contribution in [3.05, 3.63) is 40.5 Å². The van der Waals surface area contributed by atoms with Crippen molar-refractivity contribution in [2.24, 2.45) is 4.99 Å². The van der Waals surface area contributed by atoms with Crippen LogP contribution in [0.15, 0.2) is 35.6 Å². The van der Waals surface area contributed by atoms with Gasteiger partial charge in [-0.3, -0.25) is 0 Å². The van der Waals surface area contributed by atoms with Crippen LogP contribution < -0.4 is 10.2 Å². The summed E-state index contributed by atoms with van der Waals surface area (Å²) in [5.74, 6) is 2.03. The summed E-state index contributed by atoms with van der Waals surface area (Å²) in [6.07, 6.45) is 3.76. The number of hydrogen-bond acceptors (Lipinski definition) is 5. The Morgan fingerprint density at radius 2 is 2.04 bits per heavy atom. The van der Waals surface area contributed by atoms with E-state index in [-0.39, 0.29) is 24.0 Å². The first kappa shape index (κ1) is 19.9. The number of nitrogens with zero attached hydrogens (tertiary/aromatic N) is 5. The molecule has 8 heteroatoms. The maximum Gasteiger partial charge on any atom is 0.194 e. The molecule has 1 N–H and O–H groups in total. The van der Waals surface area contributed by atoms with E-state index in [1.54, 1.807) is 11.3 Å². The molecular formula is C17H25IN6S. The number of rotatable bonds is 4. The highest BCUT2D eigenvalue weighted by molar-refractivity contribution is 14.0. The molecule has 3 rings (SSSR count). The average molecular weight is 472 g/mol. The fourth-order valence-corrected chi connectivity index (χ4v) is 3.44. The zero-order chi connectivity index (χ0) is 16.8. The Morgan fingerprint density at radius 3 is 2.64 bits per heavy atom. The van der Waals surface area contributed by atoms with Gasteiger partial charge in [-0.1, -0.05) is 6.07 Å². The SMILES string of the molecule is CCNC(=NCc1ncc(C)s1)N1CCN(c2ccccn2)CC1.I. The van der Waals surface area contributed by atoms with Crippen molar-refractivity contribution < 1.29 is 0 Å². The highest BCUT2D eigenvalue weighted by atomic mass is 127. The minimum Gasteiger partial charge on any atom is -0.357 e. The normalized spacial score (nSPS) is 15.0. The van der Waals surface area contributed by atoms with Crippen LogP contribution >= 0.6 is 35.3 Å². The van der Waals surface area contributed by atoms with E-state index in [0.717, 1.165) is 49.5 Å². The van der Waals surface area contributed by atoms with Gasteiger partial charge in [0.05, 0.1) is 6.54 Å². The quantitative estimate of drug-likeness (QED) is 0.422. The molecule has 6 nitrogen and oxygen atoms in total. The van der Waals surface area contributed by atoms with Gasteiger partial charge < -0.3 is 15.1 Å². The lowest BCUT2D eigenvalue weighted by Crippen LogP contribution is -2.52. The van der Waals surface area contributed by atoms with Crippen molar-refractivity contribution >= 4 is 47.1 Å². The second-order valence-corrected chi connectivity index (χ2v) is 7.02. The van der Waals surface area contributed by atoms with Gasteiger partial charge in [0.2, 0.25) is 0 Å². The fourth-order valence-electron chi connectivity index (χ4n) is 2.73. The van der Waals surface area contributed by atoms with Gasteiger partial charge in [0.25, 0.3) is 0 Å².